The molecule has 1 fully saturated rings. The fraction of sp³-hybridized carbons (Fsp3) is 1.00. The van der Waals surface area contributed by atoms with Crippen LogP contribution in [-0.4, -0.2) is 37.8 Å². The van der Waals surface area contributed by atoms with Crippen LogP contribution in [0.3, 0.4) is 0 Å². The van der Waals surface area contributed by atoms with Crippen LogP contribution < -0.4 is 5.32 Å². The lowest BCUT2D eigenvalue weighted by atomic mass is 9.88. The zero-order valence-electron chi connectivity index (χ0n) is 8.93. The van der Waals surface area contributed by atoms with Crippen molar-refractivity contribution in [3.8, 4) is 0 Å². The van der Waals surface area contributed by atoms with Crippen molar-refractivity contribution in [2.75, 3.05) is 31.8 Å². The van der Waals surface area contributed by atoms with E-state index in [1.165, 1.54) is 12.2 Å². The lowest BCUT2D eigenvalue weighted by molar-refractivity contribution is -0.0998. The maximum absolute atomic E-state index is 5.22. The summed E-state index contributed by atoms with van der Waals surface area (Å²) in [4.78, 5) is 0. The third-order valence-corrected chi connectivity index (χ3v) is 3.31. The monoisotopic (exact) mass is 203 g/mol. The van der Waals surface area contributed by atoms with Gasteiger partial charge in [-0.05, 0) is 12.7 Å². The predicted molar refractivity (Wildman–Crippen MR) is 59.4 cm³/mol. The van der Waals surface area contributed by atoms with Gasteiger partial charge < -0.3 is 10.1 Å². The van der Waals surface area contributed by atoms with Crippen molar-refractivity contribution >= 4 is 11.8 Å². The van der Waals surface area contributed by atoms with Gasteiger partial charge >= 0.3 is 0 Å². The second-order valence-electron chi connectivity index (χ2n) is 4.24. The fourth-order valence-corrected chi connectivity index (χ4v) is 2.22. The van der Waals surface area contributed by atoms with E-state index in [0.29, 0.717) is 11.5 Å². The Labute approximate surface area is 85.8 Å². The Morgan fingerprint density at radius 3 is 2.62 bits per heavy atom. The van der Waals surface area contributed by atoms with E-state index in [1.54, 1.807) is 0 Å². The van der Waals surface area contributed by atoms with E-state index >= 15 is 0 Å². The standard InChI is InChI=1S/C10H21NOS/c1-4-9(5-13-3)11-6-10(2)7-12-8-10/h9,11H,4-8H2,1-3H3. The Morgan fingerprint density at radius 1 is 1.54 bits per heavy atom. The van der Waals surface area contributed by atoms with Crippen molar-refractivity contribution < 1.29 is 4.74 Å². The Morgan fingerprint density at radius 2 is 2.23 bits per heavy atom. The summed E-state index contributed by atoms with van der Waals surface area (Å²) in [6.07, 6.45) is 3.39. The van der Waals surface area contributed by atoms with E-state index in [9.17, 15) is 0 Å². The van der Waals surface area contributed by atoms with E-state index in [0.717, 1.165) is 19.8 Å². The van der Waals surface area contributed by atoms with Crippen LogP contribution in [0.4, 0.5) is 0 Å². The molecule has 0 aliphatic carbocycles. The molecule has 78 valence electrons. The van der Waals surface area contributed by atoms with Gasteiger partial charge in [0.1, 0.15) is 0 Å². The second kappa shape index (κ2) is 5.23. The SMILES string of the molecule is CCC(CSC)NCC1(C)COC1. The molecule has 0 amide bonds. The molecular weight excluding hydrogens is 182 g/mol. The summed E-state index contributed by atoms with van der Waals surface area (Å²) in [7, 11) is 0. The third-order valence-electron chi connectivity index (χ3n) is 2.58. The maximum atomic E-state index is 5.22. The molecule has 13 heavy (non-hydrogen) atoms. The van der Waals surface area contributed by atoms with Gasteiger partial charge in [0.2, 0.25) is 0 Å². The topological polar surface area (TPSA) is 21.3 Å². The zero-order chi connectivity index (χ0) is 9.73. The van der Waals surface area contributed by atoms with E-state index in [4.69, 9.17) is 4.74 Å². The molecule has 1 heterocycles. The Hall–Kier alpha value is 0.270. The Bertz CT molecular complexity index is 148. The molecule has 1 aliphatic rings. The molecule has 0 aromatic carbocycles. The molecular formula is C10H21NOS. The smallest absolute Gasteiger partial charge is 0.0554 e. The van der Waals surface area contributed by atoms with Gasteiger partial charge in [-0.15, -0.1) is 0 Å². The summed E-state index contributed by atoms with van der Waals surface area (Å²) in [5, 5.41) is 3.61. The van der Waals surface area contributed by atoms with Gasteiger partial charge in [0.05, 0.1) is 13.2 Å². The Balaban J connectivity index is 2.15. The highest BCUT2D eigenvalue weighted by Crippen LogP contribution is 2.25. The molecule has 0 spiro atoms. The van der Waals surface area contributed by atoms with Crippen LogP contribution in [0.1, 0.15) is 20.3 Å². The van der Waals surface area contributed by atoms with Crippen LogP contribution in [0.5, 0.6) is 0 Å². The largest absolute Gasteiger partial charge is 0.380 e. The number of hydrogen-bond donors (Lipinski definition) is 1. The highest BCUT2D eigenvalue weighted by molar-refractivity contribution is 7.98. The second-order valence-corrected chi connectivity index (χ2v) is 5.16. The third kappa shape index (κ3) is 3.49. The molecule has 0 radical (unpaired) electrons. The molecule has 1 saturated heterocycles. The summed E-state index contributed by atoms with van der Waals surface area (Å²) < 4.78 is 5.22. The first-order valence-electron chi connectivity index (χ1n) is 5.00. The van der Waals surface area contributed by atoms with Crippen molar-refractivity contribution in [2.24, 2.45) is 5.41 Å². The quantitative estimate of drug-likeness (QED) is 0.710. The molecule has 0 saturated carbocycles. The summed E-state index contributed by atoms with van der Waals surface area (Å²) in [5.41, 5.74) is 0.409. The molecule has 2 nitrogen and oxygen atoms in total. The summed E-state index contributed by atoms with van der Waals surface area (Å²) in [5.74, 6) is 1.22. The van der Waals surface area contributed by atoms with Crippen LogP contribution in [-0.2, 0) is 4.74 Å². The van der Waals surface area contributed by atoms with E-state index < -0.39 is 0 Å². The molecule has 0 aromatic heterocycles. The first kappa shape index (κ1) is 11.3. The molecule has 0 aromatic rings. The number of ether oxygens (including phenoxy) is 1. The van der Waals surface area contributed by atoms with Crippen LogP contribution in [0.15, 0.2) is 0 Å². The minimum atomic E-state index is 0.409. The number of hydrogen-bond acceptors (Lipinski definition) is 3. The molecule has 1 unspecified atom stereocenters. The lowest BCUT2D eigenvalue weighted by Crippen LogP contribution is -2.49. The van der Waals surface area contributed by atoms with Gasteiger partial charge in [-0.3, -0.25) is 0 Å². The zero-order valence-corrected chi connectivity index (χ0v) is 9.75. The van der Waals surface area contributed by atoms with E-state index in [1.807, 2.05) is 11.8 Å². The minimum absolute atomic E-state index is 0.409. The van der Waals surface area contributed by atoms with Crippen LogP contribution in [0.25, 0.3) is 0 Å². The van der Waals surface area contributed by atoms with Gasteiger partial charge in [0.15, 0.2) is 0 Å². The van der Waals surface area contributed by atoms with Crippen LogP contribution in [0.2, 0.25) is 0 Å². The fourth-order valence-electron chi connectivity index (χ4n) is 1.47. The van der Waals surface area contributed by atoms with Gasteiger partial charge in [-0.2, -0.15) is 11.8 Å². The van der Waals surface area contributed by atoms with Gasteiger partial charge in [-0.25, -0.2) is 0 Å². The summed E-state index contributed by atoms with van der Waals surface area (Å²) in [6.45, 7) is 7.49. The minimum Gasteiger partial charge on any atom is -0.380 e. The van der Waals surface area contributed by atoms with E-state index in [2.05, 4.69) is 25.4 Å². The average molecular weight is 203 g/mol. The molecule has 1 aliphatic heterocycles. The normalized spacial score (nSPS) is 22.4. The molecule has 3 heteroatoms. The molecule has 0 bridgehead atoms. The van der Waals surface area contributed by atoms with E-state index in [-0.39, 0.29) is 0 Å². The van der Waals surface area contributed by atoms with Crippen molar-refractivity contribution in [3.05, 3.63) is 0 Å². The molecule has 1 atom stereocenters. The Kier molecular flexibility index (Phi) is 4.56. The van der Waals surface area contributed by atoms with Crippen molar-refractivity contribution in [1.82, 2.24) is 5.32 Å². The first-order valence-corrected chi connectivity index (χ1v) is 6.39. The maximum Gasteiger partial charge on any atom is 0.0554 e. The van der Waals surface area contributed by atoms with Crippen LogP contribution in [0, 0.1) is 5.41 Å². The number of rotatable bonds is 6. The average Bonchev–Trinajstić information content (AvgIpc) is 2.09. The number of nitrogens with one attached hydrogen (secondary N) is 1. The lowest BCUT2D eigenvalue weighted by Gasteiger charge is -2.39. The van der Waals surface area contributed by atoms with Crippen molar-refractivity contribution in [2.45, 2.75) is 26.3 Å². The van der Waals surface area contributed by atoms with Crippen molar-refractivity contribution in [3.63, 3.8) is 0 Å². The molecule has 1 rings (SSSR count). The summed E-state index contributed by atoms with van der Waals surface area (Å²) in [6, 6.07) is 0.674. The van der Waals surface area contributed by atoms with Crippen LogP contribution >= 0.6 is 11.8 Å². The first-order chi connectivity index (χ1) is 6.20. The molecule has 1 N–H and O–H groups in total. The predicted octanol–water partition coefficient (Wildman–Crippen LogP) is 1.75. The van der Waals surface area contributed by atoms with Gasteiger partial charge in [0.25, 0.3) is 0 Å². The summed E-state index contributed by atoms with van der Waals surface area (Å²) >= 11 is 1.92. The van der Waals surface area contributed by atoms with Gasteiger partial charge in [0, 0.05) is 23.8 Å². The van der Waals surface area contributed by atoms with Crippen molar-refractivity contribution in [1.29, 1.82) is 0 Å². The number of thioether (sulfide) groups is 1. The highest BCUT2D eigenvalue weighted by Gasteiger charge is 2.33. The highest BCUT2D eigenvalue weighted by atomic mass is 32.2. The van der Waals surface area contributed by atoms with Gasteiger partial charge in [-0.1, -0.05) is 13.8 Å².